The number of hydrogen-bond acceptors (Lipinski definition) is 1. The van der Waals surface area contributed by atoms with Gasteiger partial charge in [-0.3, -0.25) is 0 Å². The summed E-state index contributed by atoms with van der Waals surface area (Å²) in [5.41, 5.74) is 10.5. The molecule has 0 unspecified atom stereocenters. The van der Waals surface area contributed by atoms with Gasteiger partial charge in [0.25, 0.3) is 0 Å². The van der Waals surface area contributed by atoms with Crippen molar-refractivity contribution in [2.24, 2.45) is 0 Å². The van der Waals surface area contributed by atoms with E-state index in [-0.39, 0.29) is 0 Å². The zero-order valence-electron chi connectivity index (χ0n) is 26.4. The van der Waals surface area contributed by atoms with Crippen LogP contribution in [0, 0.1) is 0 Å². The highest BCUT2D eigenvalue weighted by Gasteiger charge is 2.22. The molecule has 0 aliphatic rings. The Morgan fingerprint density at radius 2 is 0.958 bits per heavy atom. The van der Waals surface area contributed by atoms with Crippen molar-refractivity contribution >= 4 is 49.5 Å². The summed E-state index contributed by atoms with van der Waals surface area (Å²) in [7, 11) is 0. The highest BCUT2D eigenvalue weighted by molar-refractivity contribution is 6.06. The molecule has 0 fully saturated rings. The Morgan fingerprint density at radius 1 is 0.375 bits per heavy atom. The summed E-state index contributed by atoms with van der Waals surface area (Å²) in [6.07, 6.45) is 0. The molecule has 226 valence electrons. The molecule has 0 aliphatic heterocycles. The Hall–Kier alpha value is -6.38. The maximum absolute atomic E-state index is 2.43. The van der Waals surface area contributed by atoms with Crippen molar-refractivity contribution in [3.63, 3.8) is 0 Å². The summed E-state index contributed by atoms with van der Waals surface area (Å²) >= 11 is 0. The van der Waals surface area contributed by atoms with E-state index in [4.69, 9.17) is 0 Å². The molecule has 8 aromatic carbocycles. The molecule has 0 bridgehead atoms. The molecule has 0 atom stereocenters. The van der Waals surface area contributed by atoms with Crippen LogP contribution in [0.5, 0.6) is 0 Å². The predicted molar refractivity (Wildman–Crippen MR) is 204 cm³/mol. The van der Waals surface area contributed by atoms with E-state index in [1.54, 1.807) is 0 Å². The average molecular weight is 613 g/mol. The molecule has 0 saturated heterocycles. The molecule has 48 heavy (non-hydrogen) atoms. The van der Waals surface area contributed by atoms with Crippen molar-refractivity contribution in [2.45, 2.75) is 0 Å². The molecular weight excluding hydrogens is 581 g/mol. The molecule has 0 radical (unpaired) electrons. The number of rotatable bonds is 6. The minimum atomic E-state index is 1.10. The number of para-hydroxylation sites is 1. The van der Waals surface area contributed by atoms with Crippen molar-refractivity contribution in [3.8, 4) is 28.1 Å². The molecule has 0 spiro atoms. The van der Waals surface area contributed by atoms with Gasteiger partial charge in [0.1, 0.15) is 0 Å². The molecule has 9 rings (SSSR count). The van der Waals surface area contributed by atoms with Gasteiger partial charge in [0.2, 0.25) is 0 Å². The van der Waals surface area contributed by atoms with E-state index in [1.807, 2.05) is 0 Å². The van der Waals surface area contributed by atoms with Gasteiger partial charge in [-0.15, -0.1) is 0 Å². The average Bonchev–Trinajstić information content (AvgIpc) is 3.51. The topological polar surface area (TPSA) is 8.17 Å². The van der Waals surface area contributed by atoms with Crippen molar-refractivity contribution < 1.29 is 0 Å². The molecule has 0 amide bonds. The van der Waals surface area contributed by atoms with Crippen LogP contribution in [-0.4, -0.2) is 4.57 Å². The van der Waals surface area contributed by atoms with Crippen LogP contribution in [0.1, 0.15) is 0 Å². The number of benzene rings is 8. The molecule has 0 N–H and O–H groups in total. The SMILES string of the molecule is c1ccc(-c2c(-c3ccccc3)n(-c3ccc(N(c4ccc5ccccc5c4)c4cccc5ccccc45)cc3)c3ccccc23)cc1. The Morgan fingerprint density at radius 3 is 1.73 bits per heavy atom. The van der Waals surface area contributed by atoms with Crippen LogP contribution in [-0.2, 0) is 0 Å². The van der Waals surface area contributed by atoms with E-state index in [1.165, 1.54) is 54.8 Å². The lowest BCUT2D eigenvalue weighted by Gasteiger charge is -2.27. The lowest BCUT2D eigenvalue weighted by atomic mass is 9.98. The van der Waals surface area contributed by atoms with E-state index in [2.05, 4.69) is 204 Å². The fraction of sp³-hybridized carbons (Fsp3) is 0. The molecule has 0 aliphatic carbocycles. The molecule has 2 nitrogen and oxygen atoms in total. The minimum Gasteiger partial charge on any atom is -0.310 e. The van der Waals surface area contributed by atoms with Gasteiger partial charge in [0, 0.05) is 33.4 Å². The summed E-state index contributed by atoms with van der Waals surface area (Å²) in [5, 5.41) is 6.12. The number of aromatic nitrogens is 1. The minimum absolute atomic E-state index is 1.10. The zero-order valence-corrected chi connectivity index (χ0v) is 26.4. The van der Waals surface area contributed by atoms with E-state index in [0.29, 0.717) is 0 Å². The van der Waals surface area contributed by atoms with Gasteiger partial charge in [-0.2, -0.15) is 0 Å². The second-order valence-corrected chi connectivity index (χ2v) is 12.2. The highest BCUT2D eigenvalue weighted by atomic mass is 15.1. The number of nitrogens with zero attached hydrogens (tertiary/aromatic N) is 2. The second-order valence-electron chi connectivity index (χ2n) is 12.2. The Bertz CT molecular complexity index is 2540. The van der Waals surface area contributed by atoms with Crippen LogP contribution in [0.4, 0.5) is 17.1 Å². The number of fused-ring (bicyclic) bond motifs is 3. The van der Waals surface area contributed by atoms with Crippen LogP contribution in [0.25, 0.3) is 60.5 Å². The van der Waals surface area contributed by atoms with Gasteiger partial charge in [0.15, 0.2) is 0 Å². The van der Waals surface area contributed by atoms with Crippen LogP contribution in [0.15, 0.2) is 194 Å². The van der Waals surface area contributed by atoms with Crippen molar-refractivity contribution in [1.29, 1.82) is 0 Å². The van der Waals surface area contributed by atoms with Crippen molar-refractivity contribution in [3.05, 3.63) is 194 Å². The molecular formula is C46H32N2. The fourth-order valence-corrected chi connectivity index (χ4v) is 7.17. The smallest absolute Gasteiger partial charge is 0.0619 e. The fourth-order valence-electron chi connectivity index (χ4n) is 7.17. The number of anilines is 3. The Kier molecular flexibility index (Phi) is 6.84. The second kappa shape index (κ2) is 11.8. The first-order chi connectivity index (χ1) is 23.8. The summed E-state index contributed by atoms with van der Waals surface area (Å²) < 4.78 is 2.43. The summed E-state index contributed by atoms with van der Waals surface area (Å²) in [4.78, 5) is 2.39. The van der Waals surface area contributed by atoms with Gasteiger partial charge < -0.3 is 9.47 Å². The predicted octanol–water partition coefficient (Wildman–Crippen LogP) is 12.7. The first-order valence-corrected chi connectivity index (χ1v) is 16.4. The first-order valence-electron chi connectivity index (χ1n) is 16.4. The molecule has 1 aromatic heterocycles. The lowest BCUT2D eigenvalue weighted by molar-refractivity contribution is 1.13. The van der Waals surface area contributed by atoms with Gasteiger partial charge in [-0.1, -0.05) is 146 Å². The maximum atomic E-state index is 2.43. The van der Waals surface area contributed by atoms with Crippen LogP contribution in [0.3, 0.4) is 0 Å². The van der Waals surface area contributed by atoms with Gasteiger partial charge in [-0.25, -0.2) is 0 Å². The Labute approximate surface area is 280 Å². The summed E-state index contributed by atoms with van der Waals surface area (Å²) in [6, 6.07) is 69.9. The summed E-state index contributed by atoms with van der Waals surface area (Å²) in [6.45, 7) is 0. The molecule has 1 heterocycles. The number of hydrogen-bond donors (Lipinski definition) is 0. The van der Waals surface area contributed by atoms with Crippen LogP contribution in [0.2, 0.25) is 0 Å². The third kappa shape index (κ3) is 4.74. The first kappa shape index (κ1) is 27.9. The normalized spacial score (nSPS) is 11.3. The van der Waals surface area contributed by atoms with Crippen molar-refractivity contribution in [1.82, 2.24) is 4.57 Å². The van der Waals surface area contributed by atoms with E-state index >= 15 is 0 Å². The van der Waals surface area contributed by atoms with E-state index in [0.717, 1.165) is 22.7 Å². The van der Waals surface area contributed by atoms with E-state index in [9.17, 15) is 0 Å². The third-order valence-corrected chi connectivity index (χ3v) is 9.35. The third-order valence-electron chi connectivity index (χ3n) is 9.35. The largest absolute Gasteiger partial charge is 0.310 e. The molecule has 0 saturated carbocycles. The highest BCUT2D eigenvalue weighted by Crippen LogP contribution is 2.44. The maximum Gasteiger partial charge on any atom is 0.0619 e. The molecule has 2 heteroatoms. The lowest BCUT2D eigenvalue weighted by Crippen LogP contribution is -2.10. The van der Waals surface area contributed by atoms with Gasteiger partial charge in [0.05, 0.1) is 16.9 Å². The van der Waals surface area contributed by atoms with Gasteiger partial charge in [-0.05, 0) is 75.8 Å². The van der Waals surface area contributed by atoms with Crippen LogP contribution >= 0.6 is 0 Å². The monoisotopic (exact) mass is 612 g/mol. The Balaban J connectivity index is 1.26. The summed E-state index contributed by atoms with van der Waals surface area (Å²) in [5.74, 6) is 0. The quantitative estimate of drug-likeness (QED) is 0.181. The standard InChI is InChI=1S/C46H32N2/c1-3-16-35(17-4-1)45-42-23-11-12-24-44(42)48(46(45)36-18-5-2-6-19-36)39-30-28-38(29-31-39)47(40-27-26-33-14-7-8-20-37(33)32-40)43-25-13-21-34-15-9-10-22-41(34)43/h1-32H. The van der Waals surface area contributed by atoms with Crippen molar-refractivity contribution in [2.75, 3.05) is 4.90 Å². The van der Waals surface area contributed by atoms with Crippen LogP contribution < -0.4 is 4.90 Å². The molecule has 9 aromatic rings. The zero-order chi connectivity index (χ0) is 31.9. The van der Waals surface area contributed by atoms with Gasteiger partial charge >= 0.3 is 0 Å². The van der Waals surface area contributed by atoms with E-state index < -0.39 is 0 Å².